The molecule has 0 fully saturated rings. The van der Waals surface area contributed by atoms with Gasteiger partial charge in [-0.3, -0.25) is 0 Å². The summed E-state index contributed by atoms with van der Waals surface area (Å²) in [4.78, 5) is 0. The standard InChI is InChI=1S/C14H22BrNO/c1-10-9-13(6-7-14(10)15)12(3)16-11(2)5-4-8-17/h6-7,9,11-12,16-17H,4-5,8H2,1-3H3. The molecule has 0 bridgehead atoms. The van der Waals surface area contributed by atoms with E-state index in [1.54, 1.807) is 0 Å². The second-order valence-corrected chi connectivity index (χ2v) is 5.52. The summed E-state index contributed by atoms with van der Waals surface area (Å²) in [5.41, 5.74) is 2.57. The zero-order valence-corrected chi connectivity index (χ0v) is 12.4. The zero-order chi connectivity index (χ0) is 12.8. The molecule has 2 atom stereocenters. The van der Waals surface area contributed by atoms with Gasteiger partial charge in [0.25, 0.3) is 0 Å². The number of hydrogen-bond acceptors (Lipinski definition) is 2. The summed E-state index contributed by atoms with van der Waals surface area (Å²) in [6.45, 7) is 6.73. The molecule has 0 aliphatic rings. The van der Waals surface area contributed by atoms with E-state index in [0.717, 1.165) is 17.3 Å². The van der Waals surface area contributed by atoms with E-state index in [9.17, 15) is 0 Å². The molecule has 17 heavy (non-hydrogen) atoms. The molecule has 0 aromatic heterocycles. The Hall–Kier alpha value is -0.380. The van der Waals surface area contributed by atoms with Crippen LogP contribution in [-0.4, -0.2) is 17.8 Å². The van der Waals surface area contributed by atoms with E-state index >= 15 is 0 Å². The molecule has 0 spiro atoms. The Bertz CT molecular complexity index is 354. The fourth-order valence-corrected chi connectivity index (χ4v) is 2.19. The summed E-state index contributed by atoms with van der Waals surface area (Å²) >= 11 is 3.52. The molecule has 0 aliphatic heterocycles. The van der Waals surface area contributed by atoms with Gasteiger partial charge in [-0.1, -0.05) is 28.1 Å². The van der Waals surface area contributed by atoms with Crippen LogP contribution in [0.2, 0.25) is 0 Å². The molecule has 0 amide bonds. The lowest BCUT2D eigenvalue weighted by Gasteiger charge is -2.20. The summed E-state index contributed by atoms with van der Waals surface area (Å²) in [6.07, 6.45) is 1.87. The van der Waals surface area contributed by atoms with Crippen molar-refractivity contribution in [2.75, 3.05) is 6.61 Å². The predicted octanol–water partition coefficient (Wildman–Crippen LogP) is 3.57. The number of halogens is 1. The molecule has 2 unspecified atom stereocenters. The summed E-state index contributed by atoms with van der Waals surface area (Å²) in [5.74, 6) is 0. The van der Waals surface area contributed by atoms with Crippen molar-refractivity contribution in [2.45, 2.75) is 45.7 Å². The highest BCUT2D eigenvalue weighted by Gasteiger charge is 2.09. The first-order valence-electron chi connectivity index (χ1n) is 6.17. The van der Waals surface area contributed by atoms with Crippen LogP contribution in [-0.2, 0) is 0 Å². The van der Waals surface area contributed by atoms with Crippen molar-refractivity contribution < 1.29 is 5.11 Å². The highest BCUT2D eigenvalue weighted by Crippen LogP contribution is 2.21. The maximum atomic E-state index is 8.80. The highest BCUT2D eigenvalue weighted by molar-refractivity contribution is 9.10. The molecule has 3 heteroatoms. The van der Waals surface area contributed by atoms with E-state index in [0.29, 0.717) is 12.1 Å². The number of benzene rings is 1. The highest BCUT2D eigenvalue weighted by atomic mass is 79.9. The lowest BCUT2D eigenvalue weighted by Crippen LogP contribution is -2.29. The topological polar surface area (TPSA) is 32.3 Å². The normalized spacial score (nSPS) is 14.6. The van der Waals surface area contributed by atoms with Crippen LogP contribution in [0, 0.1) is 6.92 Å². The second-order valence-electron chi connectivity index (χ2n) is 4.66. The van der Waals surface area contributed by atoms with E-state index in [1.165, 1.54) is 11.1 Å². The van der Waals surface area contributed by atoms with E-state index < -0.39 is 0 Å². The van der Waals surface area contributed by atoms with Gasteiger partial charge in [0, 0.05) is 23.2 Å². The van der Waals surface area contributed by atoms with E-state index in [-0.39, 0.29) is 6.61 Å². The Morgan fingerprint density at radius 2 is 2.06 bits per heavy atom. The quantitative estimate of drug-likeness (QED) is 0.842. The SMILES string of the molecule is Cc1cc(C(C)NC(C)CCCO)ccc1Br. The number of aliphatic hydroxyl groups is 1. The molecule has 1 aromatic rings. The van der Waals surface area contributed by atoms with Gasteiger partial charge >= 0.3 is 0 Å². The Morgan fingerprint density at radius 1 is 1.35 bits per heavy atom. The Kier molecular flexibility index (Phi) is 6.17. The molecule has 0 aliphatic carbocycles. The van der Waals surface area contributed by atoms with E-state index in [4.69, 9.17) is 5.11 Å². The van der Waals surface area contributed by atoms with Crippen LogP contribution in [0.15, 0.2) is 22.7 Å². The van der Waals surface area contributed by atoms with Crippen LogP contribution < -0.4 is 5.32 Å². The van der Waals surface area contributed by atoms with Gasteiger partial charge in [0.05, 0.1) is 0 Å². The zero-order valence-electron chi connectivity index (χ0n) is 10.8. The minimum atomic E-state index is 0.276. The molecule has 0 saturated heterocycles. The Labute approximate surface area is 113 Å². The number of aryl methyl sites for hydroxylation is 1. The van der Waals surface area contributed by atoms with Crippen molar-refractivity contribution in [1.29, 1.82) is 0 Å². The van der Waals surface area contributed by atoms with Gasteiger partial charge < -0.3 is 10.4 Å². The lowest BCUT2D eigenvalue weighted by molar-refractivity contribution is 0.274. The van der Waals surface area contributed by atoms with Crippen molar-refractivity contribution >= 4 is 15.9 Å². The van der Waals surface area contributed by atoms with Gasteiger partial charge in [-0.15, -0.1) is 0 Å². The average Bonchev–Trinajstić information content (AvgIpc) is 2.30. The van der Waals surface area contributed by atoms with Crippen molar-refractivity contribution in [1.82, 2.24) is 5.32 Å². The first-order chi connectivity index (χ1) is 8.04. The molecule has 2 N–H and O–H groups in total. The fraction of sp³-hybridized carbons (Fsp3) is 0.571. The van der Waals surface area contributed by atoms with Crippen LogP contribution in [0.25, 0.3) is 0 Å². The van der Waals surface area contributed by atoms with Crippen LogP contribution >= 0.6 is 15.9 Å². The molecule has 1 aromatic carbocycles. The number of aliphatic hydroxyl groups excluding tert-OH is 1. The van der Waals surface area contributed by atoms with E-state index in [2.05, 4.69) is 60.2 Å². The smallest absolute Gasteiger partial charge is 0.0431 e. The summed E-state index contributed by atoms with van der Waals surface area (Å²) in [5, 5.41) is 12.4. The molecule has 0 saturated carbocycles. The Balaban J connectivity index is 2.57. The van der Waals surface area contributed by atoms with Crippen molar-refractivity contribution in [3.05, 3.63) is 33.8 Å². The molecule has 0 radical (unpaired) electrons. The van der Waals surface area contributed by atoms with E-state index in [1.807, 2.05) is 0 Å². The first kappa shape index (κ1) is 14.7. The molecule has 1 rings (SSSR count). The number of rotatable bonds is 6. The van der Waals surface area contributed by atoms with Gasteiger partial charge in [0.1, 0.15) is 0 Å². The average molecular weight is 300 g/mol. The minimum Gasteiger partial charge on any atom is -0.396 e. The van der Waals surface area contributed by atoms with Crippen LogP contribution in [0.1, 0.15) is 43.9 Å². The number of hydrogen-bond donors (Lipinski definition) is 2. The summed E-state index contributed by atoms with van der Waals surface area (Å²) < 4.78 is 1.15. The maximum absolute atomic E-state index is 8.80. The first-order valence-corrected chi connectivity index (χ1v) is 6.97. The molecule has 0 heterocycles. The third-order valence-corrected chi connectivity index (χ3v) is 3.90. The molecular formula is C14H22BrNO. The van der Waals surface area contributed by atoms with Gasteiger partial charge in [0.15, 0.2) is 0 Å². The minimum absolute atomic E-state index is 0.276. The van der Waals surface area contributed by atoms with Crippen molar-refractivity contribution in [2.24, 2.45) is 0 Å². The van der Waals surface area contributed by atoms with Crippen molar-refractivity contribution in [3.8, 4) is 0 Å². The van der Waals surface area contributed by atoms with Crippen LogP contribution in [0.4, 0.5) is 0 Å². The number of nitrogens with one attached hydrogen (secondary N) is 1. The predicted molar refractivity (Wildman–Crippen MR) is 76.2 cm³/mol. The summed E-state index contributed by atoms with van der Waals surface area (Å²) in [7, 11) is 0. The fourth-order valence-electron chi connectivity index (χ4n) is 1.94. The lowest BCUT2D eigenvalue weighted by atomic mass is 10.0. The third kappa shape index (κ3) is 4.78. The maximum Gasteiger partial charge on any atom is 0.0431 e. The summed E-state index contributed by atoms with van der Waals surface area (Å²) in [6, 6.07) is 7.23. The van der Waals surface area contributed by atoms with Gasteiger partial charge in [-0.05, 0) is 50.8 Å². The van der Waals surface area contributed by atoms with Crippen LogP contribution in [0.3, 0.4) is 0 Å². The van der Waals surface area contributed by atoms with Gasteiger partial charge in [-0.25, -0.2) is 0 Å². The third-order valence-electron chi connectivity index (χ3n) is 3.01. The van der Waals surface area contributed by atoms with Gasteiger partial charge in [0.2, 0.25) is 0 Å². The van der Waals surface area contributed by atoms with Gasteiger partial charge in [-0.2, -0.15) is 0 Å². The Morgan fingerprint density at radius 3 is 2.65 bits per heavy atom. The largest absolute Gasteiger partial charge is 0.396 e. The molecule has 96 valence electrons. The van der Waals surface area contributed by atoms with Crippen LogP contribution in [0.5, 0.6) is 0 Å². The molecular weight excluding hydrogens is 278 g/mol. The second kappa shape index (κ2) is 7.14. The molecule has 2 nitrogen and oxygen atoms in total. The van der Waals surface area contributed by atoms with Crippen molar-refractivity contribution in [3.63, 3.8) is 0 Å². The monoisotopic (exact) mass is 299 g/mol.